The molecule has 0 bridgehead atoms. The van der Waals surface area contributed by atoms with Crippen molar-refractivity contribution >= 4 is 23.4 Å². The molecule has 7 nitrogen and oxygen atoms in total. The van der Waals surface area contributed by atoms with Crippen LogP contribution in [0.5, 0.6) is 0 Å². The number of carbonyl (C=O) groups excluding carboxylic acids is 3. The minimum atomic E-state index is -0.321. The Morgan fingerprint density at radius 2 is 1.96 bits per heavy atom. The summed E-state index contributed by atoms with van der Waals surface area (Å²) in [5.74, 6) is -0.585. The van der Waals surface area contributed by atoms with E-state index in [4.69, 9.17) is 4.74 Å². The summed E-state index contributed by atoms with van der Waals surface area (Å²) in [4.78, 5) is 38.2. The van der Waals surface area contributed by atoms with Crippen LogP contribution >= 0.6 is 0 Å². The lowest BCUT2D eigenvalue weighted by Crippen LogP contribution is -2.29. The molecule has 1 saturated heterocycles. The molecule has 1 fully saturated rings. The van der Waals surface area contributed by atoms with Crippen LogP contribution in [-0.2, 0) is 14.3 Å². The molecule has 1 unspecified atom stereocenters. The first-order valence-corrected chi connectivity index (χ1v) is 9.51. The third-order valence-corrected chi connectivity index (χ3v) is 4.59. The van der Waals surface area contributed by atoms with Crippen LogP contribution in [0.15, 0.2) is 24.3 Å². The van der Waals surface area contributed by atoms with E-state index in [1.54, 1.807) is 36.3 Å². The first kappa shape index (κ1) is 20.9. The second-order valence-corrected chi connectivity index (χ2v) is 6.76. The SMILES string of the molecule is CCCCN1CC(C(=O)Nc2ccc(C(=O)NCCCOC)cc2)CC1=O. The highest BCUT2D eigenvalue weighted by atomic mass is 16.5. The Kier molecular flexibility index (Phi) is 8.26. The predicted molar refractivity (Wildman–Crippen MR) is 103 cm³/mol. The third kappa shape index (κ3) is 6.36. The molecule has 1 atom stereocenters. The van der Waals surface area contributed by atoms with E-state index in [1.165, 1.54) is 0 Å². The van der Waals surface area contributed by atoms with Gasteiger partial charge in [-0.25, -0.2) is 0 Å². The number of hydrogen-bond donors (Lipinski definition) is 2. The maximum atomic E-state index is 12.4. The number of likely N-dealkylation sites (tertiary alicyclic amines) is 1. The second-order valence-electron chi connectivity index (χ2n) is 6.76. The number of carbonyl (C=O) groups is 3. The van der Waals surface area contributed by atoms with Gasteiger partial charge in [-0.2, -0.15) is 0 Å². The number of rotatable bonds is 10. The van der Waals surface area contributed by atoms with Crippen LogP contribution in [0.25, 0.3) is 0 Å². The summed E-state index contributed by atoms with van der Waals surface area (Å²) < 4.78 is 4.94. The van der Waals surface area contributed by atoms with Gasteiger partial charge >= 0.3 is 0 Å². The van der Waals surface area contributed by atoms with Crippen molar-refractivity contribution in [1.82, 2.24) is 10.2 Å². The second kappa shape index (κ2) is 10.7. The van der Waals surface area contributed by atoms with E-state index in [2.05, 4.69) is 17.6 Å². The number of methoxy groups -OCH3 is 1. The number of benzene rings is 1. The molecule has 0 aromatic heterocycles. The average Bonchev–Trinajstić information content (AvgIpc) is 3.05. The highest BCUT2D eigenvalue weighted by molar-refractivity contribution is 5.98. The Morgan fingerprint density at radius 3 is 2.63 bits per heavy atom. The lowest BCUT2D eigenvalue weighted by Gasteiger charge is -2.16. The zero-order valence-electron chi connectivity index (χ0n) is 16.1. The standard InChI is InChI=1S/C20H29N3O4/c1-3-4-11-23-14-16(13-18(23)24)20(26)22-17-8-6-15(7-9-17)19(25)21-10-5-12-27-2/h6-9,16H,3-5,10-14H2,1-2H3,(H,21,25)(H,22,26). The smallest absolute Gasteiger partial charge is 0.251 e. The monoisotopic (exact) mass is 375 g/mol. The summed E-state index contributed by atoms with van der Waals surface area (Å²) in [6.07, 6.45) is 2.99. The Labute approximate surface area is 160 Å². The molecule has 2 N–H and O–H groups in total. The van der Waals surface area contributed by atoms with E-state index in [0.29, 0.717) is 37.5 Å². The van der Waals surface area contributed by atoms with Crippen LogP contribution < -0.4 is 10.6 Å². The minimum absolute atomic E-state index is 0.0455. The Hall–Kier alpha value is -2.41. The molecule has 1 aliphatic heterocycles. The van der Waals surface area contributed by atoms with E-state index in [-0.39, 0.29) is 30.1 Å². The molecule has 7 heteroatoms. The van der Waals surface area contributed by atoms with Gasteiger partial charge in [-0.05, 0) is 37.1 Å². The Balaban J connectivity index is 1.82. The van der Waals surface area contributed by atoms with Crippen LogP contribution in [-0.4, -0.2) is 56.0 Å². The van der Waals surface area contributed by atoms with Crippen molar-refractivity contribution in [1.29, 1.82) is 0 Å². The molecule has 1 aromatic carbocycles. The number of anilines is 1. The van der Waals surface area contributed by atoms with Crippen molar-refractivity contribution < 1.29 is 19.1 Å². The molecule has 148 valence electrons. The number of unbranched alkanes of at least 4 members (excludes halogenated alkanes) is 1. The molecule has 3 amide bonds. The number of ether oxygens (including phenoxy) is 1. The summed E-state index contributed by atoms with van der Waals surface area (Å²) in [5, 5.41) is 5.66. The molecule has 1 aromatic rings. The Morgan fingerprint density at radius 1 is 1.22 bits per heavy atom. The predicted octanol–water partition coefficient (Wildman–Crippen LogP) is 2.04. The van der Waals surface area contributed by atoms with Gasteiger partial charge in [-0.15, -0.1) is 0 Å². The van der Waals surface area contributed by atoms with Gasteiger partial charge < -0.3 is 20.3 Å². The van der Waals surface area contributed by atoms with Crippen LogP contribution in [0, 0.1) is 5.92 Å². The lowest BCUT2D eigenvalue weighted by molar-refractivity contribution is -0.128. The highest BCUT2D eigenvalue weighted by Crippen LogP contribution is 2.20. The summed E-state index contributed by atoms with van der Waals surface area (Å²) in [5.41, 5.74) is 1.16. The van der Waals surface area contributed by atoms with Gasteiger partial charge in [0.25, 0.3) is 5.91 Å². The van der Waals surface area contributed by atoms with Crippen LogP contribution in [0.3, 0.4) is 0 Å². The molecule has 0 spiro atoms. The minimum Gasteiger partial charge on any atom is -0.385 e. The normalized spacial score (nSPS) is 16.4. The maximum absolute atomic E-state index is 12.4. The van der Waals surface area contributed by atoms with Gasteiger partial charge in [0.15, 0.2) is 0 Å². The summed E-state index contributed by atoms with van der Waals surface area (Å²) >= 11 is 0. The molecule has 0 radical (unpaired) electrons. The topological polar surface area (TPSA) is 87.7 Å². The van der Waals surface area contributed by atoms with Gasteiger partial charge in [0.1, 0.15) is 0 Å². The van der Waals surface area contributed by atoms with Gasteiger partial charge in [0.2, 0.25) is 11.8 Å². The molecular formula is C20H29N3O4. The number of nitrogens with one attached hydrogen (secondary N) is 2. The van der Waals surface area contributed by atoms with Crippen molar-refractivity contribution in [3.05, 3.63) is 29.8 Å². The van der Waals surface area contributed by atoms with Crippen molar-refractivity contribution in [2.24, 2.45) is 5.92 Å². The first-order chi connectivity index (χ1) is 13.0. The van der Waals surface area contributed by atoms with Crippen LogP contribution in [0.4, 0.5) is 5.69 Å². The van der Waals surface area contributed by atoms with E-state index in [1.807, 2.05) is 0 Å². The van der Waals surface area contributed by atoms with Crippen LogP contribution in [0.1, 0.15) is 43.0 Å². The van der Waals surface area contributed by atoms with E-state index >= 15 is 0 Å². The van der Waals surface area contributed by atoms with Crippen LogP contribution in [0.2, 0.25) is 0 Å². The zero-order chi connectivity index (χ0) is 19.6. The van der Waals surface area contributed by atoms with Gasteiger partial charge in [-0.1, -0.05) is 13.3 Å². The maximum Gasteiger partial charge on any atom is 0.251 e. The van der Waals surface area contributed by atoms with E-state index < -0.39 is 0 Å². The van der Waals surface area contributed by atoms with Gasteiger partial charge in [0, 0.05) is 51.0 Å². The highest BCUT2D eigenvalue weighted by Gasteiger charge is 2.33. The third-order valence-electron chi connectivity index (χ3n) is 4.59. The van der Waals surface area contributed by atoms with Crippen molar-refractivity contribution in [3.63, 3.8) is 0 Å². The molecule has 0 aliphatic carbocycles. The van der Waals surface area contributed by atoms with Gasteiger partial charge in [0.05, 0.1) is 5.92 Å². The summed E-state index contributed by atoms with van der Waals surface area (Å²) in [6, 6.07) is 6.75. The molecule has 0 saturated carbocycles. The fraction of sp³-hybridized carbons (Fsp3) is 0.550. The largest absolute Gasteiger partial charge is 0.385 e. The molecule has 2 rings (SSSR count). The molecule has 27 heavy (non-hydrogen) atoms. The van der Waals surface area contributed by atoms with Crippen molar-refractivity contribution in [2.75, 3.05) is 38.7 Å². The zero-order valence-corrected chi connectivity index (χ0v) is 16.1. The van der Waals surface area contributed by atoms with E-state index in [0.717, 1.165) is 19.3 Å². The van der Waals surface area contributed by atoms with Gasteiger partial charge in [-0.3, -0.25) is 14.4 Å². The number of nitrogens with zero attached hydrogens (tertiary/aromatic N) is 1. The number of hydrogen-bond acceptors (Lipinski definition) is 4. The fourth-order valence-electron chi connectivity index (χ4n) is 2.98. The van der Waals surface area contributed by atoms with Crippen molar-refractivity contribution in [3.8, 4) is 0 Å². The molecular weight excluding hydrogens is 346 g/mol. The average molecular weight is 375 g/mol. The quantitative estimate of drug-likeness (QED) is 0.613. The fourth-order valence-corrected chi connectivity index (χ4v) is 2.98. The molecule has 1 heterocycles. The Bertz CT molecular complexity index is 645. The molecule has 1 aliphatic rings. The summed E-state index contributed by atoms with van der Waals surface area (Å²) in [6.45, 7) is 4.43. The summed E-state index contributed by atoms with van der Waals surface area (Å²) in [7, 11) is 1.62. The van der Waals surface area contributed by atoms with Crippen molar-refractivity contribution in [2.45, 2.75) is 32.6 Å². The van der Waals surface area contributed by atoms with E-state index in [9.17, 15) is 14.4 Å². The number of amides is 3. The lowest BCUT2D eigenvalue weighted by atomic mass is 10.1. The first-order valence-electron chi connectivity index (χ1n) is 9.51.